The SMILES string of the molecule is CC1CN(C(CNc2ccc(C#N)cn2)c2cccs2)CCO1. The molecule has 1 fully saturated rings. The normalized spacial score (nSPS) is 19.9. The molecule has 0 amide bonds. The highest BCUT2D eigenvalue weighted by Gasteiger charge is 2.26. The summed E-state index contributed by atoms with van der Waals surface area (Å²) in [5, 5.41) is 14.4. The lowest BCUT2D eigenvalue weighted by atomic mass is 10.1. The lowest BCUT2D eigenvalue weighted by Crippen LogP contribution is -2.44. The molecule has 0 spiro atoms. The molecule has 0 saturated carbocycles. The van der Waals surface area contributed by atoms with Crippen LogP contribution in [0.2, 0.25) is 0 Å². The van der Waals surface area contributed by atoms with Gasteiger partial charge in [-0.1, -0.05) is 6.07 Å². The fourth-order valence-corrected chi connectivity index (χ4v) is 3.65. The number of nitrogens with one attached hydrogen (secondary N) is 1. The van der Waals surface area contributed by atoms with Crippen molar-refractivity contribution in [3.8, 4) is 6.07 Å². The summed E-state index contributed by atoms with van der Waals surface area (Å²) in [4.78, 5) is 8.11. The van der Waals surface area contributed by atoms with Crippen LogP contribution in [-0.2, 0) is 4.74 Å². The number of aromatic nitrogens is 1. The molecule has 3 heterocycles. The van der Waals surface area contributed by atoms with Gasteiger partial charge in [0.25, 0.3) is 0 Å². The highest BCUT2D eigenvalue weighted by molar-refractivity contribution is 7.10. The molecule has 6 heteroatoms. The third kappa shape index (κ3) is 4.08. The highest BCUT2D eigenvalue weighted by Crippen LogP contribution is 2.27. The molecule has 1 N–H and O–H groups in total. The van der Waals surface area contributed by atoms with E-state index in [1.807, 2.05) is 6.07 Å². The molecule has 120 valence electrons. The van der Waals surface area contributed by atoms with E-state index >= 15 is 0 Å². The molecule has 2 aromatic rings. The fraction of sp³-hybridized carbons (Fsp3) is 0.412. The number of hydrogen-bond donors (Lipinski definition) is 1. The standard InChI is InChI=1S/C17H20N4OS/c1-13-12-21(6-7-22-13)15(16-3-2-8-23-16)11-20-17-5-4-14(9-18)10-19-17/h2-5,8,10,13,15H,6-7,11-12H2,1H3,(H,19,20). The van der Waals surface area contributed by atoms with Crippen molar-refractivity contribution in [3.63, 3.8) is 0 Å². The number of anilines is 1. The topological polar surface area (TPSA) is 61.2 Å². The van der Waals surface area contributed by atoms with E-state index in [9.17, 15) is 0 Å². The molecule has 1 aliphatic heterocycles. The van der Waals surface area contributed by atoms with Gasteiger partial charge in [-0.2, -0.15) is 5.26 Å². The number of morpholine rings is 1. The van der Waals surface area contributed by atoms with E-state index in [4.69, 9.17) is 10.00 Å². The number of pyridine rings is 1. The Kier molecular flexibility index (Phi) is 5.23. The van der Waals surface area contributed by atoms with Gasteiger partial charge < -0.3 is 10.1 Å². The Morgan fingerprint density at radius 1 is 1.52 bits per heavy atom. The van der Waals surface area contributed by atoms with Crippen LogP contribution in [0.5, 0.6) is 0 Å². The number of nitriles is 1. The number of hydrogen-bond acceptors (Lipinski definition) is 6. The van der Waals surface area contributed by atoms with E-state index in [1.54, 1.807) is 23.6 Å². The van der Waals surface area contributed by atoms with Crippen LogP contribution >= 0.6 is 11.3 Å². The molecular formula is C17H20N4OS. The maximum Gasteiger partial charge on any atom is 0.126 e. The summed E-state index contributed by atoms with van der Waals surface area (Å²) in [6, 6.07) is 10.3. The lowest BCUT2D eigenvalue weighted by molar-refractivity contribution is -0.0322. The van der Waals surface area contributed by atoms with Crippen LogP contribution in [0.15, 0.2) is 35.8 Å². The smallest absolute Gasteiger partial charge is 0.126 e. The molecule has 2 atom stereocenters. The van der Waals surface area contributed by atoms with Gasteiger partial charge in [-0.15, -0.1) is 11.3 Å². The van der Waals surface area contributed by atoms with Crippen LogP contribution in [0.1, 0.15) is 23.4 Å². The van der Waals surface area contributed by atoms with Gasteiger partial charge in [0.05, 0.1) is 24.3 Å². The largest absolute Gasteiger partial charge is 0.376 e. The summed E-state index contributed by atoms with van der Waals surface area (Å²) < 4.78 is 5.66. The van der Waals surface area contributed by atoms with E-state index in [2.05, 4.69) is 45.7 Å². The number of rotatable bonds is 5. The number of ether oxygens (including phenoxy) is 1. The van der Waals surface area contributed by atoms with Crippen molar-refractivity contribution in [2.75, 3.05) is 31.6 Å². The molecule has 0 aliphatic carbocycles. The lowest BCUT2D eigenvalue weighted by Gasteiger charge is -2.37. The van der Waals surface area contributed by atoms with E-state index in [1.165, 1.54) is 4.88 Å². The van der Waals surface area contributed by atoms with Crippen LogP contribution < -0.4 is 5.32 Å². The van der Waals surface area contributed by atoms with E-state index < -0.39 is 0 Å². The Morgan fingerprint density at radius 3 is 3.09 bits per heavy atom. The first kappa shape index (κ1) is 15.9. The minimum atomic E-state index is 0.263. The molecule has 0 radical (unpaired) electrons. The number of nitrogens with zero attached hydrogens (tertiary/aromatic N) is 3. The fourth-order valence-electron chi connectivity index (χ4n) is 2.78. The first-order chi connectivity index (χ1) is 11.3. The Bertz CT molecular complexity index is 650. The predicted octanol–water partition coefficient (Wildman–Crippen LogP) is 2.89. The summed E-state index contributed by atoms with van der Waals surface area (Å²) in [6.07, 6.45) is 1.86. The van der Waals surface area contributed by atoms with Crippen LogP contribution in [-0.4, -0.2) is 42.2 Å². The molecule has 1 aliphatic rings. The van der Waals surface area contributed by atoms with E-state index in [0.717, 1.165) is 32.1 Å². The van der Waals surface area contributed by atoms with Crippen LogP contribution in [0.3, 0.4) is 0 Å². The molecule has 0 bridgehead atoms. The zero-order valence-corrected chi connectivity index (χ0v) is 13.9. The zero-order chi connectivity index (χ0) is 16.1. The molecule has 3 rings (SSSR count). The minimum Gasteiger partial charge on any atom is -0.376 e. The highest BCUT2D eigenvalue weighted by atomic mass is 32.1. The molecule has 2 unspecified atom stereocenters. The van der Waals surface area contributed by atoms with Crippen molar-refractivity contribution in [3.05, 3.63) is 46.3 Å². The summed E-state index contributed by atoms with van der Waals surface area (Å²) >= 11 is 1.78. The van der Waals surface area contributed by atoms with Gasteiger partial charge in [0.2, 0.25) is 0 Å². The summed E-state index contributed by atoms with van der Waals surface area (Å²) in [7, 11) is 0. The van der Waals surface area contributed by atoms with Gasteiger partial charge in [0.15, 0.2) is 0 Å². The van der Waals surface area contributed by atoms with Gasteiger partial charge in [0, 0.05) is 30.7 Å². The Hall–Kier alpha value is -1.94. The number of thiophene rings is 1. The van der Waals surface area contributed by atoms with Gasteiger partial charge in [-0.3, -0.25) is 4.90 Å². The maximum absolute atomic E-state index is 8.84. The summed E-state index contributed by atoms with van der Waals surface area (Å²) in [6.45, 7) is 5.55. The average Bonchev–Trinajstić information content (AvgIpc) is 3.10. The quantitative estimate of drug-likeness (QED) is 0.914. The Morgan fingerprint density at radius 2 is 2.43 bits per heavy atom. The monoisotopic (exact) mass is 328 g/mol. The van der Waals surface area contributed by atoms with Gasteiger partial charge in [0.1, 0.15) is 11.9 Å². The second-order valence-electron chi connectivity index (χ2n) is 5.63. The zero-order valence-electron chi connectivity index (χ0n) is 13.1. The van der Waals surface area contributed by atoms with Crippen molar-refractivity contribution < 1.29 is 4.74 Å². The Labute approximate surface area is 140 Å². The molecule has 5 nitrogen and oxygen atoms in total. The summed E-state index contributed by atoms with van der Waals surface area (Å²) in [5.74, 6) is 0.798. The van der Waals surface area contributed by atoms with E-state index in [-0.39, 0.29) is 6.10 Å². The maximum atomic E-state index is 8.84. The molecule has 2 aromatic heterocycles. The molecule has 1 saturated heterocycles. The van der Waals surface area contributed by atoms with Crippen molar-refractivity contribution in [2.45, 2.75) is 19.1 Å². The first-order valence-corrected chi connectivity index (χ1v) is 8.63. The predicted molar refractivity (Wildman–Crippen MR) is 91.5 cm³/mol. The second-order valence-corrected chi connectivity index (χ2v) is 6.61. The van der Waals surface area contributed by atoms with Crippen molar-refractivity contribution in [1.29, 1.82) is 5.26 Å². The van der Waals surface area contributed by atoms with Crippen molar-refractivity contribution in [1.82, 2.24) is 9.88 Å². The minimum absolute atomic E-state index is 0.263. The van der Waals surface area contributed by atoms with Gasteiger partial charge in [-0.05, 0) is 30.5 Å². The average molecular weight is 328 g/mol. The molecule has 23 heavy (non-hydrogen) atoms. The van der Waals surface area contributed by atoms with Crippen LogP contribution in [0.4, 0.5) is 5.82 Å². The van der Waals surface area contributed by atoms with Crippen LogP contribution in [0, 0.1) is 11.3 Å². The molecular weight excluding hydrogens is 308 g/mol. The second kappa shape index (κ2) is 7.55. The molecule has 0 aromatic carbocycles. The van der Waals surface area contributed by atoms with Crippen LogP contribution in [0.25, 0.3) is 0 Å². The summed E-state index contributed by atoms with van der Waals surface area (Å²) in [5.41, 5.74) is 0.576. The first-order valence-electron chi connectivity index (χ1n) is 7.75. The van der Waals surface area contributed by atoms with Gasteiger partial charge in [-0.25, -0.2) is 4.98 Å². The van der Waals surface area contributed by atoms with Crippen molar-refractivity contribution >= 4 is 17.2 Å². The third-order valence-electron chi connectivity index (χ3n) is 3.95. The van der Waals surface area contributed by atoms with Crippen molar-refractivity contribution in [2.24, 2.45) is 0 Å². The van der Waals surface area contributed by atoms with E-state index in [0.29, 0.717) is 11.6 Å². The Balaban J connectivity index is 1.69. The van der Waals surface area contributed by atoms with Gasteiger partial charge >= 0.3 is 0 Å². The third-order valence-corrected chi connectivity index (χ3v) is 4.93.